The maximum Gasteiger partial charge on any atom is 0.163 e. The molecule has 0 saturated carbocycles. The third kappa shape index (κ3) is 2.43. The lowest BCUT2D eigenvalue weighted by Gasteiger charge is -2.18. The van der Waals surface area contributed by atoms with Crippen molar-refractivity contribution >= 4 is 5.78 Å². The van der Waals surface area contributed by atoms with Gasteiger partial charge in [-0.25, -0.2) is 0 Å². The molecule has 0 N–H and O–H groups in total. The molecule has 0 aliphatic heterocycles. The minimum atomic E-state index is 0.218. The van der Waals surface area contributed by atoms with Gasteiger partial charge in [-0.05, 0) is 44.4 Å². The van der Waals surface area contributed by atoms with Crippen LogP contribution < -0.4 is 9.47 Å². The Morgan fingerprint density at radius 1 is 1.06 bits per heavy atom. The third-order valence-electron chi connectivity index (χ3n) is 2.92. The SMILES string of the molecule is CCOc1cc2c(cc1OCC)C(=O)CCC2. The van der Waals surface area contributed by atoms with E-state index in [9.17, 15) is 4.79 Å². The number of hydrogen-bond acceptors (Lipinski definition) is 3. The van der Waals surface area contributed by atoms with Gasteiger partial charge in [-0.15, -0.1) is 0 Å². The van der Waals surface area contributed by atoms with Crippen molar-refractivity contribution in [1.82, 2.24) is 0 Å². The lowest BCUT2D eigenvalue weighted by molar-refractivity contribution is 0.0972. The van der Waals surface area contributed by atoms with E-state index >= 15 is 0 Å². The fourth-order valence-corrected chi connectivity index (χ4v) is 2.18. The average molecular weight is 234 g/mol. The van der Waals surface area contributed by atoms with Crippen molar-refractivity contribution < 1.29 is 14.3 Å². The first-order valence-electron chi connectivity index (χ1n) is 6.22. The zero-order valence-electron chi connectivity index (χ0n) is 10.4. The highest BCUT2D eigenvalue weighted by molar-refractivity contribution is 5.99. The van der Waals surface area contributed by atoms with Gasteiger partial charge in [0.1, 0.15) is 0 Å². The van der Waals surface area contributed by atoms with E-state index in [0.29, 0.717) is 25.4 Å². The molecular formula is C14H18O3. The largest absolute Gasteiger partial charge is 0.490 e. The monoisotopic (exact) mass is 234 g/mol. The highest BCUT2D eigenvalue weighted by atomic mass is 16.5. The molecule has 3 nitrogen and oxygen atoms in total. The van der Waals surface area contributed by atoms with E-state index in [4.69, 9.17) is 9.47 Å². The number of Topliss-reactive ketones (excluding diaryl/α,β-unsaturated/α-hetero) is 1. The van der Waals surface area contributed by atoms with Crippen molar-refractivity contribution in [2.24, 2.45) is 0 Å². The molecular weight excluding hydrogens is 216 g/mol. The molecule has 1 aliphatic rings. The third-order valence-corrected chi connectivity index (χ3v) is 2.92. The molecule has 0 amide bonds. The zero-order chi connectivity index (χ0) is 12.3. The molecule has 1 aliphatic carbocycles. The molecule has 1 aromatic carbocycles. The summed E-state index contributed by atoms with van der Waals surface area (Å²) in [5.74, 6) is 1.65. The van der Waals surface area contributed by atoms with Crippen molar-refractivity contribution in [3.8, 4) is 11.5 Å². The van der Waals surface area contributed by atoms with Crippen LogP contribution in [0.3, 0.4) is 0 Å². The second kappa shape index (κ2) is 5.21. The molecule has 0 fully saturated rings. The minimum Gasteiger partial charge on any atom is -0.490 e. The van der Waals surface area contributed by atoms with Gasteiger partial charge in [0.15, 0.2) is 17.3 Å². The highest BCUT2D eigenvalue weighted by Crippen LogP contribution is 2.34. The second-order valence-electron chi connectivity index (χ2n) is 4.10. The van der Waals surface area contributed by atoms with E-state index in [1.165, 1.54) is 0 Å². The fourth-order valence-electron chi connectivity index (χ4n) is 2.18. The maximum absolute atomic E-state index is 11.8. The molecule has 92 valence electrons. The number of fused-ring (bicyclic) bond motifs is 1. The highest BCUT2D eigenvalue weighted by Gasteiger charge is 2.20. The van der Waals surface area contributed by atoms with Gasteiger partial charge in [-0.1, -0.05) is 0 Å². The van der Waals surface area contributed by atoms with Crippen LogP contribution >= 0.6 is 0 Å². The van der Waals surface area contributed by atoms with E-state index in [1.54, 1.807) is 0 Å². The number of benzene rings is 1. The number of aryl methyl sites for hydroxylation is 1. The van der Waals surface area contributed by atoms with Crippen molar-refractivity contribution in [3.63, 3.8) is 0 Å². The Labute approximate surface area is 102 Å². The number of hydrogen-bond donors (Lipinski definition) is 0. The summed E-state index contributed by atoms with van der Waals surface area (Å²) in [6, 6.07) is 3.80. The van der Waals surface area contributed by atoms with Crippen molar-refractivity contribution in [2.45, 2.75) is 33.1 Å². The molecule has 0 heterocycles. The van der Waals surface area contributed by atoms with E-state index in [-0.39, 0.29) is 5.78 Å². The summed E-state index contributed by atoms with van der Waals surface area (Å²) in [7, 11) is 0. The van der Waals surface area contributed by atoms with Crippen LogP contribution in [-0.2, 0) is 6.42 Å². The van der Waals surface area contributed by atoms with Crippen LogP contribution in [0.2, 0.25) is 0 Å². The summed E-state index contributed by atoms with van der Waals surface area (Å²) < 4.78 is 11.1. The summed E-state index contributed by atoms with van der Waals surface area (Å²) in [4.78, 5) is 11.8. The molecule has 0 unspecified atom stereocenters. The average Bonchev–Trinajstić information content (AvgIpc) is 2.32. The molecule has 3 heteroatoms. The van der Waals surface area contributed by atoms with Crippen LogP contribution in [0.5, 0.6) is 11.5 Å². The van der Waals surface area contributed by atoms with Gasteiger partial charge in [0.2, 0.25) is 0 Å². The second-order valence-corrected chi connectivity index (χ2v) is 4.10. The predicted octanol–water partition coefficient (Wildman–Crippen LogP) is 3.00. The Hall–Kier alpha value is -1.51. The molecule has 17 heavy (non-hydrogen) atoms. The van der Waals surface area contributed by atoms with Crippen LogP contribution in [0.4, 0.5) is 0 Å². The van der Waals surface area contributed by atoms with Crippen molar-refractivity contribution in [2.75, 3.05) is 13.2 Å². The lowest BCUT2D eigenvalue weighted by Crippen LogP contribution is -2.12. The number of carbonyl (C=O) groups is 1. The Bertz CT molecular complexity index is 424. The quantitative estimate of drug-likeness (QED) is 0.803. The molecule has 1 aromatic rings. The van der Waals surface area contributed by atoms with Crippen LogP contribution in [0.25, 0.3) is 0 Å². The molecule has 0 aromatic heterocycles. The summed E-state index contributed by atoms with van der Waals surface area (Å²) in [6.45, 7) is 5.05. The van der Waals surface area contributed by atoms with E-state index in [0.717, 1.165) is 29.7 Å². The van der Waals surface area contributed by atoms with E-state index < -0.39 is 0 Å². The van der Waals surface area contributed by atoms with Crippen LogP contribution in [0, 0.1) is 0 Å². The van der Waals surface area contributed by atoms with Gasteiger partial charge in [0, 0.05) is 12.0 Å². The number of rotatable bonds is 4. The fraction of sp³-hybridized carbons (Fsp3) is 0.500. The first-order chi connectivity index (χ1) is 8.26. The van der Waals surface area contributed by atoms with E-state index in [2.05, 4.69) is 0 Å². The number of ketones is 1. The van der Waals surface area contributed by atoms with Crippen LogP contribution in [0.1, 0.15) is 42.6 Å². The standard InChI is InChI=1S/C14H18O3/c1-3-16-13-8-10-6-5-7-12(15)11(10)9-14(13)17-4-2/h8-9H,3-7H2,1-2H3. The number of ether oxygens (including phenoxy) is 2. The van der Waals surface area contributed by atoms with Gasteiger partial charge in [-0.3, -0.25) is 4.79 Å². The first-order valence-corrected chi connectivity index (χ1v) is 6.22. The molecule has 0 saturated heterocycles. The zero-order valence-corrected chi connectivity index (χ0v) is 10.4. The van der Waals surface area contributed by atoms with Crippen LogP contribution in [0.15, 0.2) is 12.1 Å². The molecule has 0 radical (unpaired) electrons. The maximum atomic E-state index is 11.8. The van der Waals surface area contributed by atoms with Gasteiger partial charge in [0.25, 0.3) is 0 Å². The van der Waals surface area contributed by atoms with Gasteiger partial charge in [-0.2, -0.15) is 0 Å². The van der Waals surface area contributed by atoms with Crippen molar-refractivity contribution in [1.29, 1.82) is 0 Å². The lowest BCUT2D eigenvalue weighted by atomic mass is 9.90. The molecule has 0 spiro atoms. The Morgan fingerprint density at radius 3 is 2.35 bits per heavy atom. The van der Waals surface area contributed by atoms with Gasteiger partial charge < -0.3 is 9.47 Å². The summed E-state index contributed by atoms with van der Waals surface area (Å²) in [5.41, 5.74) is 1.90. The summed E-state index contributed by atoms with van der Waals surface area (Å²) in [5, 5.41) is 0. The molecule has 0 atom stereocenters. The minimum absolute atomic E-state index is 0.218. The Balaban J connectivity index is 2.42. The topological polar surface area (TPSA) is 35.5 Å². The smallest absolute Gasteiger partial charge is 0.163 e. The normalized spacial score (nSPS) is 14.4. The Kier molecular flexibility index (Phi) is 3.67. The summed E-state index contributed by atoms with van der Waals surface area (Å²) >= 11 is 0. The molecule has 0 bridgehead atoms. The van der Waals surface area contributed by atoms with Gasteiger partial charge >= 0.3 is 0 Å². The first kappa shape index (κ1) is 12.0. The van der Waals surface area contributed by atoms with E-state index in [1.807, 2.05) is 26.0 Å². The van der Waals surface area contributed by atoms with Crippen LogP contribution in [-0.4, -0.2) is 19.0 Å². The Morgan fingerprint density at radius 2 is 1.71 bits per heavy atom. The predicted molar refractivity (Wildman–Crippen MR) is 66.0 cm³/mol. The summed E-state index contributed by atoms with van der Waals surface area (Å²) in [6.07, 6.45) is 2.53. The van der Waals surface area contributed by atoms with Crippen molar-refractivity contribution in [3.05, 3.63) is 23.3 Å². The van der Waals surface area contributed by atoms with Gasteiger partial charge in [0.05, 0.1) is 13.2 Å². The number of carbonyl (C=O) groups excluding carboxylic acids is 1. The molecule has 2 rings (SSSR count).